The lowest BCUT2D eigenvalue weighted by molar-refractivity contribution is 0.0483. The zero-order valence-electron chi connectivity index (χ0n) is 16.8. The van der Waals surface area contributed by atoms with Crippen LogP contribution in [0.1, 0.15) is 47.9 Å². The Kier molecular flexibility index (Phi) is 7.44. The van der Waals surface area contributed by atoms with Crippen molar-refractivity contribution in [2.75, 3.05) is 32.8 Å². The Hall–Kier alpha value is -1.75. The molecule has 1 fully saturated rings. The summed E-state index contributed by atoms with van der Waals surface area (Å²) in [6.45, 7) is 6.74. The van der Waals surface area contributed by atoms with E-state index < -0.39 is 16.0 Å². The number of thiazole rings is 1. The molecule has 1 saturated heterocycles. The fourth-order valence-electron chi connectivity index (χ4n) is 3.12. The quantitative estimate of drug-likeness (QED) is 0.552. The van der Waals surface area contributed by atoms with Crippen LogP contribution in [0.4, 0.5) is 0 Å². The molecule has 0 aliphatic carbocycles. The van der Waals surface area contributed by atoms with E-state index in [9.17, 15) is 13.2 Å². The van der Waals surface area contributed by atoms with E-state index in [1.807, 2.05) is 0 Å². The molecule has 2 aromatic rings. The largest absolute Gasteiger partial charge is 0.460 e. The van der Waals surface area contributed by atoms with Crippen molar-refractivity contribution >= 4 is 27.3 Å². The molecule has 1 aliphatic heterocycles. The number of aromatic nitrogens is 1. The SMILES string of the molecule is CCCCc1nc(CN2CCN(S(=O)(=O)c3ccc(C(=O)OCC)o3)CC2)cs1. The van der Waals surface area contributed by atoms with Crippen LogP contribution < -0.4 is 0 Å². The summed E-state index contributed by atoms with van der Waals surface area (Å²) in [4.78, 5) is 18.6. The van der Waals surface area contributed by atoms with Crippen molar-refractivity contribution in [2.24, 2.45) is 0 Å². The number of sulfonamides is 1. The van der Waals surface area contributed by atoms with E-state index in [1.54, 1.807) is 18.3 Å². The highest BCUT2D eigenvalue weighted by Gasteiger charge is 2.32. The standard InChI is InChI=1S/C19H27N3O5S2/c1-3-5-6-17-20-15(14-28-17)13-21-9-11-22(12-10-21)29(24,25)18-8-7-16(27-18)19(23)26-4-2/h7-8,14H,3-6,9-13H2,1-2H3. The zero-order chi connectivity index (χ0) is 20.9. The van der Waals surface area contributed by atoms with Gasteiger partial charge in [0.15, 0.2) is 0 Å². The number of piperazine rings is 1. The van der Waals surface area contributed by atoms with E-state index in [1.165, 1.54) is 21.4 Å². The number of esters is 1. The fraction of sp³-hybridized carbons (Fsp3) is 0.579. The molecular formula is C19H27N3O5S2. The Morgan fingerprint density at radius 2 is 2.00 bits per heavy atom. The Bertz CT molecular complexity index is 914. The van der Waals surface area contributed by atoms with Crippen LogP contribution in [0, 0.1) is 0 Å². The maximum absolute atomic E-state index is 12.8. The molecule has 0 aromatic carbocycles. The molecule has 10 heteroatoms. The van der Waals surface area contributed by atoms with Gasteiger partial charge in [0, 0.05) is 38.1 Å². The van der Waals surface area contributed by atoms with Gasteiger partial charge in [0.05, 0.1) is 17.3 Å². The molecule has 0 saturated carbocycles. The molecule has 2 aromatic heterocycles. The van der Waals surface area contributed by atoms with Gasteiger partial charge in [-0.05, 0) is 31.9 Å². The van der Waals surface area contributed by atoms with Gasteiger partial charge in [-0.1, -0.05) is 13.3 Å². The van der Waals surface area contributed by atoms with E-state index in [-0.39, 0.29) is 17.5 Å². The fourth-order valence-corrected chi connectivity index (χ4v) is 5.28. The van der Waals surface area contributed by atoms with Crippen LogP contribution in [0.2, 0.25) is 0 Å². The maximum Gasteiger partial charge on any atom is 0.374 e. The predicted molar refractivity (Wildman–Crippen MR) is 109 cm³/mol. The minimum atomic E-state index is -3.77. The first-order valence-corrected chi connectivity index (χ1v) is 12.2. The first kappa shape index (κ1) is 21.9. The molecule has 0 bridgehead atoms. The van der Waals surface area contributed by atoms with E-state index in [2.05, 4.69) is 22.2 Å². The summed E-state index contributed by atoms with van der Waals surface area (Å²) in [6.07, 6.45) is 3.32. The van der Waals surface area contributed by atoms with Crippen molar-refractivity contribution in [2.45, 2.75) is 44.7 Å². The number of carbonyl (C=O) groups excluding carboxylic acids is 1. The number of unbranched alkanes of at least 4 members (excludes halogenated alkanes) is 1. The molecule has 3 rings (SSSR count). The molecule has 3 heterocycles. The van der Waals surface area contributed by atoms with Crippen molar-refractivity contribution in [3.63, 3.8) is 0 Å². The Labute approximate surface area is 175 Å². The average molecular weight is 442 g/mol. The highest BCUT2D eigenvalue weighted by atomic mass is 32.2. The predicted octanol–water partition coefficient (Wildman–Crippen LogP) is 2.76. The number of hydrogen-bond acceptors (Lipinski definition) is 8. The summed E-state index contributed by atoms with van der Waals surface area (Å²) in [6, 6.07) is 2.64. The normalized spacial score (nSPS) is 16.2. The molecule has 0 spiro atoms. The van der Waals surface area contributed by atoms with Crippen molar-refractivity contribution in [3.8, 4) is 0 Å². The first-order chi connectivity index (χ1) is 13.9. The molecule has 0 atom stereocenters. The summed E-state index contributed by atoms with van der Waals surface area (Å²) in [5.74, 6) is -0.771. The molecular weight excluding hydrogens is 414 g/mol. The summed E-state index contributed by atoms with van der Waals surface area (Å²) >= 11 is 1.69. The van der Waals surface area contributed by atoms with Gasteiger partial charge < -0.3 is 9.15 Å². The van der Waals surface area contributed by atoms with Crippen molar-refractivity contribution in [1.82, 2.24) is 14.2 Å². The third-order valence-electron chi connectivity index (χ3n) is 4.71. The van der Waals surface area contributed by atoms with Crippen LogP contribution in [-0.4, -0.2) is 61.4 Å². The maximum atomic E-state index is 12.8. The van der Waals surface area contributed by atoms with Gasteiger partial charge in [0.2, 0.25) is 10.9 Å². The molecule has 1 aliphatic rings. The molecule has 0 amide bonds. The summed E-state index contributed by atoms with van der Waals surface area (Å²) in [5, 5.41) is 3.03. The van der Waals surface area contributed by atoms with E-state index in [0.717, 1.165) is 31.5 Å². The molecule has 160 valence electrons. The molecule has 0 N–H and O–H groups in total. The Balaban J connectivity index is 1.55. The highest BCUT2D eigenvalue weighted by Crippen LogP contribution is 2.22. The van der Waals surface area contributed by atoms with Gasteiger partial charge in [0.1, 0.15) is 0 Å². The summed E-state index contributed by atoms with van der Waals surface area (Å²) in [7, 11) is -3.77. The summed E-state index contributed by atoms with van der Waals surface area (Å²) in [5.41, 5.74) is 1.04. The number of nitrogens with zero attached hydrogens (tertiary/aromatic N) is 3. The lowest BCUT2D eigenvalue weighted by Crippen LogP contribution is -2.48. The third kappa shape index (κ3) is 5.44. The van der Waals surface area contributed by atoms with Gasteiger partial charge in [0.25, 0.3) is 10.0 Å². The summed E-state index contributed by atoms with van der Waals surface area (Å²) < 4.78 is 37.1. The Morgan fingerprint density at radius 1 is 1.24 bits per heavy atom. The van der Waals surface area contributed by atoms with Gasteiger partial charge >= 0.3 is 5.97 Å². The minimum Gasteiger partial charge on any atom is -0.460 e. The zero-order valence-corrected chi connectivity index (χ0v) is 18.4. The molecule has 29 heavy (non-hydrogen) atoms. The number of carbonyl (C=O) groups is 1. The number of furan rings is 1. The van der Waals surface area contributed by atoms with Crippen molar-refractivity contribution in [3.05, 3.63) is 34.0 Å². The minimum absolute atomic E-state index is 0.105. The smallest absolute Gasteiger partial charge is 0.374 e. The van der Waals surface area contributed by atoms with E-state index in [4.69, 9.17) is 9.15 Å². The number of aryl methyl sites for hydroxylation is 1. The van der Waals surface area contributed by atoms with Crippen LogP contribution in [0.15, 0.2) is 27.0 Å². The van der Waals surface area contributed by atoms with Gasteiger partial charge in [-0.3, -0.25) is 4.90 Å². The lowest BCUT2D eigenvalue weighted by Gasteiger charge is -2.32. The first-order valence-electron chi connectivity index (χ1n) is 9.86. The molecule has 0 radical (unpaired) electrons. The second-order valence-corrected chi connectivity index (χ2v) is 9.67. The highest BCUT2D eigenvalue weighted by molar-refractivity contribution is 7.89. The number of hydrogen-bond donors (Lipinski definition) is 0. The van der Waals surface area contributed by atoms with Crippen LogP contribution >= 0.6 is 11.3 Å². The van der Waals surface area contributed by atoms with E-state index in [0.29, 0.717) is 26.2 Å². The van der Waals surface area contributed by atoms with Crippen molar-refractivity contribution in [1.29, 1.82) is 0 Å². The lowest BCUT2D eigenvalue weighted by atomic mass is 10.3. The van der Waals surface area contributed by atoms with Crippen LogP contribution in [0.25, 0.3) is 0 Å². The average Bonchev–Trinajstić information content (AvgIpc) is 3.37. The van der Waals surface area contributed by atoms with Gasteiger partial charge in [-0.2, -0.15) is 4.31 Å². The molecule has 0 unspecified atom stereocenters. The second-order valence-electron chi connectivity index (χ2n) is 6.86. The van der Waals surface area contributed by atoms with Crippen molar-refractivity contribution < 1.29 is 22.4 Å². The van der Waals surface area contributed by atoms with Crippen LogP contribution in [-0.2, 0) is 27.7 Å². The van der Waals surface area contributed by atoms with Gasteiger partial charge in [-0.15, -0.1) is 11.3 Å². The van der Waals surface area contributed by atoms with Crippen LogP contribution in [0.5, 0.6) is 0 Å². The van der Waals surface area contributed by atoms with Crippen LogP contribution in [0.3, 0.4) is 0 Å². The number of ether oxygens (including phenoxy) is 1. The number of rotatable bonds is 9. The molecule has 8 nitrogen and oxygen atoms in total. The second kappa shape index (κ2) is 9.84. The van der Waals surface area contributed by atoms with E-state index >= 15 is 0 Å². The topological polar surface area (TPSA) is 93.0 Å². The Morgan fingerprint density at radius 3 is 2.69 bits per heavy atom. The van der Waals surface area contributed by atoms with Gasteiger partial charge in [-0.25, -0.2) is 18.2 Å². The monoisotopic (exact) mass is 441 g/mol. The third-order valence-corrected chi connectivity index (χ3v) is 7.44.